The van der Waals surface area contributed by atoms with Crippen LogP contribution >= 0.6 is 0 Å². The zero-order valence-electron chi connectivity index (χ0n) is 8.35. The number of hydrogen-bond donors (Lipinski definition) is 0. The first-order valence-corrected chi connectivity index (χ1v) is 5.01. The van der Waals surface area contributed by atoms with E-state index in [0.717, 1.165) is 25.0 Å². The van der Waals surface area contributed by atoms with Crippen molar-refractivity contribution in [1.29, 1.82) is 0 Å². The van der Waals surface area contributed by atoms with Crippen molar-refractivity contribution in [3.63, 3.8) is 0 Å². The number of aromatic nitrogens is 2. The van der Waals surface area contributed by atoms with Crippen molar-refractivity contribution in [2.45, 2.75) is 25.5 Å². The summed E-state index contributed by atoms with van der Waals surface area (Å²) in [6.07, 6.45) is 7.35. The largest absolute Gasteiger partial charge is 0.357 e. The van der Waals surface area contributed by atoms with Crippen molar-refractivity contribution in [1.82, 2.24) is 9.78 Å². The summed E-state index contributed by atoms with van der Waals surface area (Å²) in [6.45, 7) is 0.792. The van der Waals surface area contributed by atoms with Crippen molar-refractivity contribution in [2.75, 3.05) is 6.61 Å². The average molecular weight is 204 g/mol. The molecule has 0 aliphatic carbocycles. The molecule has 1 aromatic rings. The van der Waals surface area contributed by atoms with Gasteiger partial charge in [0.05, 0.1) is 11.8 Å². The Bertz CT molecular complexity index is 394. The minimum absolute atomic E-state index is 0.0329. The molecule has 1 aliphatic heterocycles. The Balaban J connectivity index is 2.08. The van der Waals surface area contributed by atoms with Crippen molar-refractivity contribution in [2.24, 2.45) is 0 Å². The van der Waals surface area contributed by atoms with Gasteiger partial charge in [0, 0.05) is 12.8 Å². The molecule has 0 unspecified atom stereocenters. The van der Waals surface area contributed by atoms with E-state index in [-0.39, 0.29) is 6.23 Å². The molecule has 15 heavy (non-hydrogen) atoms. The number of ether oxygens (including phenoxy) is 1. The van der Waals surface area contributed by atoms with Crippen LogP contribution in [0.3, 0.4) is 0 Å². The van der Waals surface area contributed by atoms with E-state index in [9.17, 15) is 4.79 Å². The number of carbonyl (C=O) groups excluding carboxylic acids is 1. The second-order valence-corrected chi connectivity index (χ2v) is 3.42. The van der Waals surface area contributed by atoms with Crippen LogP contribution in [-0.2, 0) is 9.53 Å². The van der Waals surface area contributed by atoms with E-state index in [1.54, 1.807) is 10.9 Å². The van der Waals surface area contributed by atoms with Crippen LogP contribution in [0.5, 0.6) is 0 Å². The van der Waals surface area contributed by atoms with Crippen LogP contribution in [0, 0.1) is 11.8 Å². The van der Waals surface area contributed by atoms with Gasteiger partial charge in [-0.05, 0) is 25.2 Å². The van der Waals surface area contributed by atoms with Gasteiger partial charge in [0.15, 0.2) is 6.29 Å². The molecule has 0 saturated carbocycles. The Hall–Kier alpha value is -1.60. The molecule has 0 radical (unpaired) electrons. The lowest BCUT2D eigenvalue weighted by Gasteiger charge is -2.22. The monoisotopic (exact) mass is 204 g/mol. The van der Waals surface area contributed by atoms with Crippen LogP contribution in [-0.4, -0.2) is 22.7 Å². The number of rotatable bonds is 1. The summed E-state index contributed by atoms with van der Waals surface area (Å²) < 4.78 is 7.34. The summed E-state index contributed by atoms with van der Waals surface area (Å²) in [5.74, 6) is 5.05. The molecule has 4 heteroatoms. The van der Waals surface area contributed by atoms with Crippen molar-refractivity contribution in [3.8, 4) is 11.8 Å². The molecule has 1 fully saturated rings. The van der Waals surface area contributed by atoms with E-state index < -0.39 is 0 Å². The average Bonchev–Trinajstić information content (AvgIpc) is 2.76. The molecule has 2 rings (SSSR count). The zero-order chi connectivity index (χ0) is 10.5. The number of nitrogens with zero attached hydrogens (tertiary/aromatic N) is 2. The van der Waals surface area contributed by atoms with Crippen LogP contribution in [0.1, 0.15) is 31.1 Å². The number of hydrogen-bond acceptors (Lipinski definition) is 3. The maximum absolute atomic E-state index is 10.1. The summed E-state index contributed by atoms with van der Waals surface area (Å²) in [6, 6.07) is 0. The van der Waals surface area contributed by atoms with E-state index >= 15 is 0 Å². The van der Waals surface area contributed by atoms with Gasteiger partial charge in [-0.1, -0.05) is 5.92 Å². The molecule has 0 spiro atoms. The Kier molecular flexibility index (Phi) is 3.15. The predicted octanol–water partition coefficient (Wildman–Crippen LogP) is 1.13. The lowest BCUT2D eigenvalue weighted by Crippen LogP contribution is -2.18. The SMILES string of the molecule is O=CC#Cc1cnn([C@@H]2CCCCO2)c1. The molecule has 78 valence electrons. The summed E-state index contributed by atoms with van der Waals surface area (Å²) in [5.41, 5.74) is 0.747. The fraction of sp³-hybridized carbons (Fsp3) is 0.455. The van der Waals surface area contributed by atoms with Gasteiger partial charge in [-0.15, -0.1) is 0 Å². The van der Waals surface area contributed by atoms with E-state index in [2.05, 4.69) is 16.9 Å². The van der Waals surface area contributed by atoms with Gasteiger partial charge in [-0.2, -0.15) is 5.10 Å². The molecule has 0 bridgehead atoms. The number of aldehydes is 1. The summed E-state index contributed by atoms with van der Waals surface area (Å²) >= 11 is 0. The van der Waals surface area contributed by atoms with Crippen molar-refractivity contribution >= 4 is 6.29 Å². The molecule has 2 heterocycles. The molecule has 1 aliphatic rings. The molecular formula is C11H12N2O2. The zero-order valence-corrected chi connectivity index (χ0v) is 8.35. The van der Waals surface area contributed by atoms with Crippen LogP contribution < -0.4 is 0 Å². The van der Waals surface area contributed by atoms with Gasteiger partial charge in [-0.25, -0.2) is 4.68 Å². The van der Waals surface area contributed by atoms with Gasteiger partial charge in [0.25, 0.3) is 0 Å². The maximum atomic E-state index is 10.1. The highest BCUT2D eigenvalue weighted by atomic mass is 16.5. The second kappa shape index (κ2) is 4.76. The maximum Gasteiger partial charge on any atom is 0.193 e. The van der Waals surface area contributed by atoms with Crippen LogP contribution in [0.4, 0.5) is 0 Å². The van der Waals surface area contributed by atoms with Crippen molar-refractivity contribution in [3.05, 3.63) is 18.0 Å². The normalized spacial score (nSPS) is 20.4. The molecule has 1 atom stereocenters. The van der Waals surface area contributed by atoms with E-state index in [4.69, 9.17) is 4.74 Å². The van der Waals surface area contributed by atoms with E-state index in [1.807, 2.05) is 6.20 Å². The lowest BCUT2D eigenvalue weighted by molar-refractivity contribution is -0.103. The second-order valence-electron chi connectivity index (χ2n) is 3.42. The molecule has 0 aromatic carbocycles. The molecular weight excluding hydrogens is 192 g/mol. The summed E-state index contributed by atoms with van der Waals surface area (Å²) in [5, 5.41) is 4.17. The first-order valence-electron chi connectivity index (χ1n) is 5.01. The minimum atomic E-state index is 0.0329. The minimum Gasteiger partial charge on any atom is -0.357 e. The number of carbonyl (C=O) groups is 1. The molecule has 1 saturated heterocycles. The quantitative estimate of drug-likeness (QED) is 0.509. The van der Waals surface area contributed by atoms with Crippen LogP contribution in [0.2, 0.25) is 0 Å². The fourth-order valence-electron chi connectivity index (χ4n) is 1.61. The first kappa shape index (κ1) is 9.94. The van der Waals surface area contributed by atoms with Gasteiger partial charge < -0.3 is 4.74 Å². The smallest absolute Gasteiger partial charge is 0.193 e. The topological polar surface area (TPSA) is 44.1 Å². The summed E-state index contributed by atoms with van der Waals surface area (Å²) in [7, 11) is 0. The lowest BCUT2D eigenvalue weighted by atomic mass is 10.2. The highest BCUT2D eigenvalue weighted by molar-refractivity contribution is 5.73. The first-order chi connectivity index (χ1) is 7.40. The third-order valence-electron chi connectivity index (χ3n) is 2.33. The molecule has 0 amide bonds. The molecule has 4 nitrogen and oxygen atoms in total. The van der Waals surface area contributed by atoms with Crippen molar-refractivity contribution < 1.29 is 9.53 Å². The third kappa shape index (κ3) is 2.45. The standard InChI is InChI=1S/C11H12N2O2/c14-6-3-4-10-8-12-13(9-10)11-5-1-2-7-15-11/h6,8-9,11H,1-2,5,7H2/t11-/m0/s1. The molecule has 1 aromatic heterocycles. The Morgan fingerprint density at radius 3 is 3.27 bits per heavy atom. The highest BCUT2D eigenvalue weighted by Gasteiger charge is 2.15. The van der Waals surface area contributed by atoms with Crippen LogP contribution in [0.25, 0.3) is 0 Å². The van der Waals surface area contributed by atoms with Gasteiger partial charge in [0.2, 0.25) is 0 Å². The summed E-state index contributed by atoms with van der Waals surface area (Å²) in [4.78, 5) is 10.1. The third-order valence-corrected chi connectivity index (χ3v) is 2.33. The highest BCUT2D eigenvalue weighted by Crippen LogP contribution is 2.21. The Morgan fingerprint density at radius 1 is 1.60 bits per heavy atom. The van der Waals surface area contributed by atoms with Gasteiger partial charge >= 0.3 is 0 Å². The van der Waals surface area contributed by atoms with Gasteiger partial charge in [-0.3, -0.25) is 4.79 Å². The predicted molar refractivity (Wildman–Crippen MR) is 54.0 cm³/mol. The van der Waals surface area contributed by atoms with E-state index in [0.29, 0.717) is 6.29 Å². The van der Waals surface area contributed by atoms with E-state index in [1.165, 1.54) is 6.42 Å². The molecule has 0 N–H and O–H groups in total. The Morgan fingerprint density at radius 2 is 2.53 bits per heavy atom. The van der Waals surface area contributed by atoms with Crippen LogP contribution in [0.15, 0.2) is 12.4 Å². The van der Waals surface area contributed by atoms with Gasteiger partial charge in [0.1, 0.15) is 6.23 Å². The fourth-order valence-corrected chi connectivity index (χ4v) is 1.61. The Labute approximate surface area is 88.2 Å².